The van der Waals surface area contributed by atoms with Crippen LogP contribution in [0.5, 0.6) is 0 Å². The lowest BCUT2D eigenvalue weighted by Crippen LogP contribution is -2.46. The molecule has 0 aliphatic heterocycles. The molecule has 0 amide bonds. The molecule has 72 valence electrons. The van der Waals surface area contributed by atoms with Gasteiger partial charge in [-0.25, -0.2) is 0 Å². The van der Waals surface area contributed by atoms with Gasteiger partial charge in [0.2, 0.25) is 0 Å². The highest BCUT2D eigenvalue weighted by molar-refractivity contribution is 4.83. The Kier molecular flexibility index (Phi) is 3.53. The zero-order chi connectivity index (χ0) is 9.14. The van der Waals surface area contributed by atoms with Gasteiger partial charge in [0.25, 0.3) is 0 Å². The zero-order valence-electron chi connectivity index (χ0n) is 8.51. The number of nitrogens with two attached hydrogens (primary N) is 1. The molecule has 0 unspecified atom stereocenters. The van der Waals surface area contributed by atoms with Crippen molar-refractivity contribution in [1.82, 2.24) is 5.43 Å². The number of hydrogen-bond acceptors (Lipinski definition) is 2. The van der Waals surface area contributed by atoms with Crippen molar-refractivity contribution < 1.29 is 0 Å². The maximum Gasteiger partial charge on any atom is 0.0243 e. The molecule has 0 radical (unpaired) electrons. The predicted molar refractivity (Wildman–Crippen MR) is 52.5 cm³/mol. The third-order valence-corrected chi connectivity index (χ3v) is 3.24. The van der Waals surface area contributed by atoms with Crippen molar-refractivity contribution >= 4 is 0 Å². The maximum atomic E-state index is 5.54. The Bertz CT molecular complexity index is 134. The maximum absolute atomic E-state index is 5.54. The van der Waals surface area contributed by atoms with E-state index < -0.39 is 0 Å². The summed E-state index contributed by atoms with van der Waals surface area (Å²) in [4.78, 5) is 0. The second-order valence-corrected chi connectivity index (χ2v) is 4.60. The second kappa shape index (κ2) is 4.24. The van der Waals surface area contributed by atoms with Gasteiger partial charge >= 0.3 is 0 Å². The van der Waals surface area contributed by atoms with Crippen molar-refractivity contribution in [3.63, 3.8) is 0 Å². The fraction of sp³-hybridized carbons (Fsp3) is 1.00. The molecule has 2 nitrogen and oxygen atoms in total. The van der Waals surface area contributed by atoms with E-state index in [1.54, 1.807) is 0 Å². The first-order chi connectivity index (χ1) is 5.65. The summed E-state index contributed by atoms with van der Waals surface area (Å²) in [6.45, 7) is 6.91. The molecule has 1 saturated carbocycles. The predicted octanol–water partition coefficient (Wildman–Crippen LogP) is 1.91. The van der Waals surface area contributed by atoms with Gasteiger partial charge < -0.3 is 0 Å². The summed E-state index contributed by atoms with van der Waals surface area (Å²) in [5, 5.41) is 0. The minimum atomic E-state index is 0.550. The van der Waals surface area contributed by atoms with Gasteiger partial charge in [-0.15, -0.1) is 0 Å². The van der Waals surface area contributed by atoms with E-state index in [1.807, 2.05) is 0 Å². The molecule has 2 heteroatoms. The van der Waals surface area contributed by atoms with Gasteiger partial charge in [-0.05, 0) is 30.6 Å². The van der Waals surface area contributed by atoms with Gasteiger partial charge in [0.05, 0.1) is 0 Å². The van der Waals surface area contributed by atoms with Gasteiger partial charge in [0.1, 0.15) is 0 Å². The Morgan fingerprint density at radius 3 is 2.50 bits per heavy atom. The molecule has 12 heavy (non-hydrogen) atoms. The first kappa shape index (κ1) is 10.0. The summed E-state index contributed by atoms with van der Waals surface area (Å²) >= 11 is 0. The van der Waals surface area contributed by atoms with Crippen molar-refractivity contribution in [3.8, 4) is 0 Å². The molecule has 0 spiro atoms. The Balaban J connectivity index is 2.50. The second-order valence-electron chi connectivity index (χ2n) is 4.60. The standard InChI is InChI=1S/C10H22N2/c1-7(2)9-5-4-8(3)6-10(9)12-11/h7-10,12H,4-6,11H2,1-3H3/t8-,9+,10-/m1/s1. The third kappa shape index (κ3) is 2.20. The summed E-state index contributed by atoms with van der Waals surface area (Å²) in [5.41, 5.74) is 2.97. The monoisotopic (exact) mass is 170 g/mol. The fourth-order valence-corrected chi connectivity index (χ4v) is 2.39. The van der Waals surface area contributed by atoms with Crippen LogP contribution in [0.1, 0.15) is 40.0 Å². The van der Waals surface area contributed by atoms with E-state index in [1.165, 1.54) is 19.3 Å². The van der Waals surface area contributed by atoms with Gasteiger partial charge in [-0.1, -0.05) is 27.2 Å². The van der Waals surface area contributed by atoms with Crippen LogP contribution in [-0.2, 0) is 0 Å². The van der Waals surface area contributed by atoms with E-state index >= 15 is 0 Å². The average Bonchev–Trinajstić information content (AvgIpc) is 2.03. The summed E-state index contributed by atoms with van der Waals surface area (Å²) in [6.07, 6.45) is 3.97. The molecule has 3 N–H and O–H groups in total. The minimum Gasteiger partial charge on any atom is -0.271 e. The molecular weight excluding hydrogens is 148 g/mol. The van der Waals surface area contributed by atoms with Crippen LogP contribution in [0.15, 0.2) is 0 Å². The Morgan fingerprint density at radius 1 is 1.33 bits per heavy atom. The molecule has 0 aromatic heterocycles. The van der Waals surface area contributed by atoms with Crippen LogP contribution in [0, 0.1) is 17.8 Å². The number of rotatable bonds is 2. The average molecular weight is 170 g/mol. The smallest absolute Gasteiger partial charge is 0.0243 e. The third-order valence-electron chi connectivity index (χ3n) is 3.24. The molecule has 3 atom stereocenters. The van der Waals surface area contributed by atoms with Crippen molar-refractivity contribution in [2.45, 2.75) is 46.1 Å². The molecule has 0 aromatic rings. The fourth-order valence-electron chi connectivity index (χ4n) is 2.39. The van der Waals surface area contributed by atoms with Gasteiger partial charge in [-0.3, -0.25) is 11.3 Å². The summed E-state index contributed by atoms with van der Waals surface area (Å²) in [7, 11) is 0. The molecule has 1 fully saturated rings. The SMILES string of the molecule is CC(C)[C@@H]1CC[C@@H](C)C[C@H]1NN. The number of nitrogens with one attached hydrogen (secondary N) is 1. The number of hydrazine groups is 1. The first-order valence-electron chi connectivity index (χ1n) is 5.11. The van der Waals surface area contributed by atoms with Crippen LogP contribution >= 0.6 is 0 Å². The zero-order valence-corrected chi connectivity index (χ0v) is 8.51. The van der Waals surface area contributed by atoms with E-state index in [9.17, 15) is 0 Å². The van der Waals surface area contributed by atoms with E-state index in [0.717, 1.165) is 17.8 Å². The molecule has 0 aromatic carbocycles. The van der Waals surface area contributed by atoms with Crippen LogP contribution in [0.3, 0.4) is 0 Å². The summed E-state index contributed by atoms with van der Waals surface area (Å²) in [5.74, 6) is 7.94. The summed E-state index contributed by atoms with van der Waals surface area (Å²) in [6, 6.07) is 0.550. The summed E-state index contributed by atoms with van der Waals surface area (Å²) < 4.78 is 0. The van der Waals surface area contributed by atoms with Crippen LogP contribution in [0.2, 0.25) is 0 Å². The highest BCUT2D eigenvalue weighted by Crippen LogP contribution is 2.32. The van der Waals surface area contributed by atoms with E-state index in [2.05, 4.69) is 26.2 Å². The Hall–Kier alpha value is -0.0800. The topological polar surface area (TPSA) is 38.0 Å². The molecule has 1 aliphatic rings. The van der Waals surface area contributed by atoms with E-state index in [0.29, 0.717) is 6.04 Å². The lowest BCUT2D eigenvalue weighted by atomic mass is 9.74. The van der Waals surface area contributed by atoms with Gasteiger partial charge in [-0.2, -0.15) is 0 Å². The van der Waals surface area contributed by atoms with Crippen LogP contribution < -0.4 is 11.3 Å². The van der Waals surface area contributed by atoms with Crippen LogP contribution in [0.4, 0.5) is 0 Å². The van der Waals surface area contributed by atoms with Crippen molar-refractivity contribution in [1.29, 1.82) is 0 Å². The minimum absolute atomic E-state index is 0.550. The Labute approximate surface area is 75.9 Å². The molecule has 0 bridgehead atoms. The van der Waals surface area contributed by atoms with Crippen molar-refractivity contribution in [2.75, 3.05) is 0 Å². The Morgan fingerprint density at radius 2 is 2.00 bits per heavy atom. The number of hydrogen-bond donors (Lipinski definition) is 2. The first-order valence-corrected chi connectivity index (χ1v) is 5.11. The largest absolute Gasteiger partial charge is 0.271 e. The van der Waals surface area contributed by atoms with E-state index in [-0.39, 0.29) is 0 Å². The van der Waals surface area contributed by atoms with Crippen LogP contribution in [-0.4, -0.2) is 6.04 Å². The van der Waals surface area contributed by atoms with E-state index in [4.69, 9.17) is 5.84 Å². The lowest BCUT2D eigenvalue weighted by Gasteiger charge is -2.36. The molecule has 1 rings (SSSR count). The lowest BCUT2D eigenvalue weighted by molar-refractivity contribution is 0.171. The highest BCUT2D eigenvalue weighted by Gasteiger charge is 2.29. The normalized spacial score (nSPS) is 37.2. The highest BCUT2D eigenvalue weighted by atomic mass is 15.2. The molecular formula is C10H22N2. The van der Waals surface area contributed by atoms with Gasteiger partial charge in [0.15, 0.2) is 0 Å². The molecule has 0 saturated heterocycles. The molecule has 1 aliphatic carbocycles. The quantitative estimate of drug-likeness (QED) is 0.491. The van der Waals surface area contributed by atoms with Crippen LogP contribution in [0.25, 0.3) is 0 Å². The molecule has 0 heterocycles. The van der Waals surface area contributed by atoms with Gasteiger partial charge in [0, 0.05) is 6.04 Å². The van der Waals surface area contributed by atoms with Crippen molar-refractivity contribution in [3.05, 3.63) is 0 Å². The van der Waals surface area contributed by atoms with Crippen molar-refractivity contribution in [2.24, 2.45) is 23.6 Å².